The van der Waals surface area contributed by atoms with Crippen LogP contribution >= 0.6 is 0 Å². The zero-order valence-electron chi connectivity index (χ0n) is 11.6. The number of rotatable bonds is 4. The average Bonchev–Trinajstić information content (AvgIpc) is 2.36. The molecule has 2 N–H and O–H groups in total. The highest BCUT2D eigenvalue weighted by Gasteiger charge is 2.28. The van der Waals surface area contributed by atoms with Gasteiger partial charge in [-0.25, -0.2) is 0 Å². The van der Waals surface area contributed by atoms with Crippen LogP contribution in [0.4, 0.5) is 0 Å². The van der Waals surface area contributed by atoms with Crippen molar-refractivity contribution in [3.8, 4) is 0 Å². The van der Waals surface area contributed by atoms with E-state index >= 15 is 0 Å². The van der Waals surface area contributed by atoms with Crippen molar-refractivity contribution < 1.29 is 4.79 Å². The highest BCUT2D eigenvalue weighted by Crippen LogP contribution is 2.16. The van der Waals surface area contributed by atoms with Crippen molar-refractivity contribution in [2.24, 2.45) is 11.7 Å². The molecule has 0 bridgehead atoms. The molecule has 0 spiro atoms. The molecule has 0 radical (unpaired) electrons. The fraction of sp³-hybridized carbons (Fsp3) is 0.923. The number of nitrogens with two attached hydrogens (primary N) is 1. The summed E-state index contributed by atoms with van der Waals surface area (Å²) in [6.45, 7) is 6.26. The Morgan fingerprint density at radius 1 is 1.47 bits per heavy atom. The summed E-state index contributed by atoms with van der Waals surface area (Å²) in [5.74, 6) is 0.366. The molecule has 0 saturated carbocycles. The van der Waals surface area contributed by atoms with Crippen LogP contribution in [0.2, 0.25) is 0 Å². The van der Waals surface area contributed by atoms with Crippen LogP contribution in [0.15, 0.2) is 0 Å². The molecule has 2 atom stereocenters. The molecule has 0 aliphatic carbocycles. The summed E-state index contributed by atoms with van der Waals surface area (Å²) in [6.07, 6.45) is 3.08. The Morgan fingerprint density at radius 3 is 2.47 bits per heavy atom. The number of nitrogens with zero attached hydrogens (tertiary/aromatic N) is 2. The minimum absolute atomic E-state index is 0.105. The Kier molecular flexibility index (Phi) is 5.40. The molecule has 0 aromatic rings. The molecule has 17 heavy (non-hydrogen) atoms. The van der Waals surface area contributed by atoms with E-state index < -0.39 is 0 Å². The van der Waals surface area contributed by atoms with Crippen molar-refractivity contribution in [1.82, 2.24) is 9.80 Å². The van der Waals surface area contributed by atoms with Gasteiger partial charge in [-0.2, -0.15) is 0 Å². The molecule has 1 rings (SSSR count). The fourth-order valence-corrected chi connectivity index (χ4v) is 2.29. The number of carbonyl (C=O) groups is 1. The Balaban J connectivity index is 2.51. The van der Waals surface area contributed by atoms with Crippen LogP contribution in [0.1, 0.15) is 33.1 Å². The van der Waals surface area contributed by atoms with E-state index in [4.69, 9.17) is 5.73 Å². The predicted octanol–water partition coefficient (Wildman–Crippen LogP) is 0.912. The maximum Gasteiger partial charge on any atom is 0.239 e. The minimum atomic E-state index is -0.343. The molecule has 0 aromatic carbocycles. The maximum atomic E-state index is 12.2. The molecule has 4 heteroatoms. The highest BCUT2D eigenvalue weighted by molar-refractivity contribution is 5.82. The monoisotopic (exact) mass is 241 g/mol. The van der Waals surface area contributed by atoms with Gasteiger partial charge in [-0.3, -0.25) is 4.79 Å². The molecule has 1 saturated heterocycles. The van der Waals surface area contributed by atoms with Gasteiger partial charge in [0.2, 0.25) is 5.91 Å². The molecule has 1 fully saturated rings. The standard InChI is InChI=1S/C13H27N3O/c1-5-10(2)12(14)13(17)16(4)11-6-8-15(3)9-7-11/h10-12H,5-9,14H2,1-4H3/t10?,12-/m0/s1. The van der Waals surface area contributed by atoms with Gasteiger partial charge in [0.15, 0.2) is 0 Å². The first-order valence-corrected chi connectivity index (χ1v) is 6.68. The molecule has 100 valence electrons. The quantitative estimate of drug-likeness (QED) is 0.796. The summed E-state index contributed by atoms with van der Waals surface area (Å²) in [7, 11) is 4.03. The summed E-state index contributed by atoms with van der Waals surface area (Å²) >= 11 is 0. The van der Waals surface area contributed by atoms with E-state index in [0.29, 0.717) is 6.04 Å². The van der Waals surface area contributed by atoms with Crippen LogP contribution in [-0.2, 0) is 4.79 Å². The van der Waals surface area contributed by atoms with E-state index in [1.807, 2.05) is 18.9 Å². The SMILES string of the molecule is CCC(C)[C@H](N)C(=O)N(C)C1CCN(C)CC1. The summed E-state index contributed by atoms with van der Waals surface area (Å²) in [5.41, 5.74) is 6.00. The van der Waals surface area contributed by atoms with Crippen LogP contribution < -0.4 is 5.73 Å². The van der Waals surface area contributed by atoms with Crippen molar-refractivity contribution in [3.05, 3.63) is 0 Å². The van der Waals surface area contributed by atoms with Crippen LogP contribution in [0.5, 0.6) is 0 Å². The first-order valence-electron chi connectivity index (χ1n) is 6.68. The predicted molar refractivity (Wildman–Crippen MR) is 70.7 cm³/mol. The minimum Gasteiger partial charge on any atom is -0.341 e. The van der Waals surface area contributed by atoms with Gasteiger partial charge in [0.1, 0.15) is 0 Å². The Bertz CT molecular complexity index is 249. The summed E-state index contributed by atoms with van der Waals surface area (Å²) in [5, 5.41) is 0. The third-order valence-electron chi connectivity index (χ3n) is 4.13. The second-order valence-electron chi connectivity index (χ2n) is 5.39. The lowest BCUT2D eigenvalue weighted by molar-refractivity contribution is -0.135. The van der Waals surface area contributed by atoms with Crippen molar-refractivity contribution >= 4 is 5.91 Å². The molecule has 1 aliphatic rings. The number of piperidine rings is 1. The molecule has 1 amide bonds. The van der Waals surface area contributed by atoms with Crippen molar-refractivity contribution in [3.63, 3.8) is 0 Å². The van der Waals surface area contributed by atoms with Gasteiger partial charge in [-0.05, 0) is 38.9 Å². The van der Waals surface area contributed by atoms with E-state index in [0.717, 1.165) is 32.4 Å². The first kappa shape index (κ1) is 14.5. The van der Waals surface area contributed by atoms with Gasteiger partial charge in [0.25, 0.3) is 0 Å². The highest BCUT2D eigenvalue weighted by atomic mass is 16.2. The molecule has 1 heterocycles. The summed E-state index contributed by atoms with van der Waals surface area (Å²) in [4.78, 5) is 16.4. The molecule has 1 unspecified atom stereocenters. The molecule has 0 aromatic heterocycles. The second kappa shape index (κ2) is 6.36. The average molecular weight is 241 g/mol. The third-order valence-corrected chi connectivity index (χ3v) is 4.13. The number of likely N-dealkylation sites (tertiary alicyclic amines) is 1. The second-order valence-corrected chi connectivity index (χ2v) is 5.39. The Hall–Kier alpha value is -0.610. The summed E-state index contributed by atoms with van der Waals surface area (Å²) in [6, 6.07) is 0.0264. The topological polar surface area (TPSA) is 49.6 Å². The van der Waals surface area contributed by atoms with Crippen LogP contribution in [0, 0.1) is 5.92 Å². The maximum absolute atomic E-state index is 12.2. The van der Waals surface area contributed by atoms with Crippen LogP contribution in [0.25, 0.3) is 0 Å². The molecular weight excluding hydrogens is 214 g/mol. The van der Waals surface area contributed by atoms with E-state index in [1.165, 1.54) is 0 Å². The smallest absolute Gasteiger partial charge is 0.239 e. The van der Waals surface area contributed by atoms with Crippen molar-refractivity contribution in [2.45, 2.75) is 45.2 Å². The van der Waals surface area contributed by atoms with Crippen LogP contribution in [-0.4, -0.2) is 55.0 Å². The van der Waals surface area contributed by atoms with Gasteiger partial charge >= 0.3 is 0 Å². The zero-order chi connectivity index (χ0) is 13.0. The first-order chi connectivity index (χ1) is 7.97. The van der Waals surface area contributed by atoms with Gasteiger partial charge in [0.05, 0.1) is 6.04 Å². The normalized spacial score (nSPS) is 22.2. The number of hydrogen-bond acceptors (Lipinski definition) is 3. The molecule has 1 aliphatic heterocycles. The lowest BCUT2D eigenvalue weighted by Crippen LogP contribution is -2.51. The van der Waals surface area contributed by atoms with E-state index in [2.05, 4.69) is 18.9 Å². The fourth-order valence-electron chi connectivity index (χ4n) is 2.29. The molecule has 4 nitrogen and oxygen atoms in total. The van der Waals surface area contributed by atoms with Gasteiger partial charge in [-0.1, -0.05) is 20.3 Å². The number of amides is 1. The Morgan fingerprint density at radius 2 is 2.00 bits per heavy atom. The van der Waals surface area contributed by atoms with Gasteiger partial charge in [0, 0.05) is 13.1 Å². The Labute approximate surface area is 105 Å². The van der Waals surface area contributed by atoms with Gasteiger partial charge in [-0.15, -0.1) is 0 Å². The van der Waals surface area contributed by atoms with Crippen LogP contribution in [0.3, 0.4) is 0 Å². The number of carbonyl (C=O) groups excluding carboxylic acids is 1. The van der Waals surface area contributed by atoms with Gasteiger partial charge < -0.3 is 15.5 Å². The van der Waals surface area contributed by atoms with E-state index in [-0.39, 0.29) is 17.9 Å². The summed E-state index contributed by atoms with van der Waals surface area (Å²) < 4.78 is 0. The van der Waals surface area contributed by atoms with E-state index in [9.17, 15) is 4.79 Å². The van der Waals surface area contributed by atoms with Crippen molar-refractivity contribution in [2.75, 3.05) is 27.2 Å². The van der Waals surface area contributed by atoms with E-state index in [1.54, 1.807) is 0 Å². The third kappa shape index (κ3) is 3.68. The molecular formula is C13H27N3O. The lowest BCUT2D eigenvalue weighted by atomic mass is 9.97. The number of likely N-dealkylation sites (N-methyl/N-ethyl adjacent to an activating group) is 1. The largest absolute Gasteiger partial charge is 0.341 e. The van der Waals surface area contributed by atoms with Crippen molar-refractivity contribution in [1.29, 1.82) is 0 Å². The number of hydrogen-bond donors (Lipinski definition) is 1. The zero-order valence-corrected chi connectivity index (χ0v) is 11.6. The lowest BCUT2D eigenvalue weighted by Gasteiger charge is -2.36.